The van der Waals surface area contributed by atoms with Crippen molar-refractivity contribution in [2.75, 3.05) is 24.9 Å². The largest absolute Gasteiger partial charge is 0.497 e. The molecule has 0 unspecified atom stereocenters. The van der Waals surface area contributed by atoms with Gasteiger partial charge in [-0.3, -0.25) is 5.32 Å². The second-order valence-electron chi connectivity index (χ2n) is 4.05. The van der Waals surface area contributed by atoms with Gasteiger partial charge < -0.3 is 14.8 Å². The number of carbonyl (C=O) groups excluding carboxylic acids is 1. The number of ether oxygens (including phenoxy) is 2. The highest BCUT2D eigenvalue weighted by Crippen LogP contribution is 2.22. The number of benzene rings is 2. The van der Waals surface area contributed by atoms with E-state index < -0.39 is 6.09 Å². The van der Waals surface area contributed by atoms with Crippen molar-refractivity contribution < 1.29 is 14.3 Å². The first-order valence-corrected chi connectivity index (χ1v) is 6.07. The Morgan fingerprint density at radius 3 is 2.30 bits per heavy atom. The molecule has 2 rings (SSSR count). The fourth-order valence-electron chi connectivity index (χ4n) is 1.67. The normalized spacial score (nSPS) is 9.70. The molecule has 0 aromatic heterocycles. The van der Waals surface area contributed by atoms with Gasteiger partial charge in [0.05, 0.1) is 14.2 Å². The van der Waals surface area contributed by atoms with Crippen LogP contribution in [0.1, 0.15) is 0 Å². The number of nitrogens with one attached hydrogen (secondary N) is 2. The van der Waals surface area contributed by atoms with E-state index in [1.54, 1.807) is 19.2 Å². The Morgan fingerprint density at radius 2 is 1.65 bits per heavy atom. The van der Waals surface area contributed by atoms with E-state index in [1.807, 2.05) is 36.4 Å². The van der Waals surface area contributed by atoms with Crippen molar-refractivity contribution in [3.63, 3.8) is 0 Å². The molecule has 0 radical (unpaired) electrons. The molecule has 0 spiro atoms. The fourth-order valence-corrected chi connectivity index (χ4v) is 1.67. The van der Waals surface area contributed by atoms with Crippen LogP contribution in [0.5, 0.6) is 5.75 Å². The second kappa shape index (κ2) is 6.47. The lowest BCUT2D eigenvalue weighted by molar-refractivity contribution is 0.187. The first-order valence-electron chi connectivity index (χ1n) is 6.07. The van der Waals surface area contributed by atoms with Crippen molar-refractivity contribution in [1.82, 2.24) is 0 Å². The van der Waals surface area contributed by atoms with Crippen LogP contribution in [0.25, 0.3) is 0 Å². The number of hydrogen-bond donors (Lipinski definition) is 2. The Balaban J connectivity index is 2.04. The van der Waals surface area contributed by atoms with Crippen LogP contribution >= 0.6 is 0 Å². The molecule has 0 fully saturated rings. The molecule has 0 heterocycles. The highest BCUT2D eigenvalue weighted by Gasteiger charge is 2.01. The lowest BCUT2D eigenvalue weighted by Gasteiger charge is -2.09. The zero-order chi connectivity index (χ0) is 14.4. The standard InChI is InChI=1S/C15H16N2O3/c1-19-14-5-3-4-13(10-14)16-11-6-8-12(9-7-11)17-15(18)20-2/h3-10,16H,1-2H3,(H,17,18). The molecule has 2 aromatic carbocycles. The monoisotopic (exact) mass is 272 g/mol. The summed E-state index contributed by atoms with van der Waals surface area (Å²) in [6.45, 7) is 0. The van der Waals surface area contributed by atoms with Crippen LogP contribution in [0.4, 0.5) is 21.9 Å². The van der Waals surface area contributed by atoms with Gasteiger partial charge >= 0.3 is 6.09 Å². The van der Waals surface area contributed by atoms with Gasteiger partial charge in [-0.25, -0.2) is 4.79 Å². The fraction of sp³-hybridized carbons (Fsp3) is 0.133. The van der Waals surface area contributed by atoms with Crippen molar-refractivity contribution in [2.24, 2.45) is 0 Å². The number of hydrogen-bond acceptors (Lipinski definition) is 4. The molecule has 2 aromatic rings. The zero-order valence-electron chi connectivity index (χ0n) is 11.3. The van der Waals surface area contributed by atoms with Crippen LogP contribution in [-0.4, -0.2) is 20.3 Å². The lowest BCUT2D eigenvalue weighted by atomic mass is 10.2. The maximum absolute atomic E-state index is 11.1. The van der Waals surface area contributed by atoms with Gasteiger partial charge in [-0.2, -0.15) is 0 Å². The third kappa shape index (κ3) is 3.65. The molecule has 5 heteroatoms. The minimum Gasteiger partial charge on any atom is -0.497 e. The Bertz CT molecular complexity index is 582. The van der Waals surface area contributed by atoms with E-state index in [9.17, 15) is 4.79 Å². The molecular weight excluding hydrogens is 256 g/mol. The molecule has 1 amide bonds. The van der Waals surface area contributed by atoms with Crippen molar-refractivity contribution in [3.8, 4) is 5.75 Å². The van der Waals surface area contributed by atoms with Gasteiger partial charge in [0.15, 0.2) is 0 Å². The van der Waals surface area contributed by atoms with Gasteiger partial charge in [0, 0.05) is 23.1 Å². The third-order valence-corrected chi connectivity index (χ3v) is 2.68. The van der Waals surface area contributed by atoms with Crippen LogP contribution < -0.4 is 15.4 Å². The second-order valence-corrected chi connectivity index (χ2v) is 4.05. The third-order valence-electron chi connectivity index (χ3n) is 2.68. The molecular formula is C15H16N2O3. The Hall–Kier alpha value is -2.69. The van der Waals surface area contributed by atoms with Crippen molar-refractivity contribution >= 4 is 23.2 Å². The quantitative estimate of drug-likeness (QED) is 0.892. The van der Waals surface area contributed by atoms with Gasteiger partial charge in [-0.1, -0.05) is 6.07 Å². The SMILES string of the molecule is COC(=O)Nc1ccc(Nc2cccc(OC)c2)cc1. The molecule has 0 aliphatic rings. The minimum absolute atomic E-state index is 0.487. The Labute approximate surface area is 117 Å². The van der Waals surface area contributed by atoms with Crippen molar-refractivity contribution in [1.29, 1.82) is 0 Å². The Kier molecular flexibility index (Phi) is 4.44. The highest BCUT2D eigenvalue weighted by molar-refractivity contribution is 5.84. The van der Waals surface area contributed by atoms with Crippen LogP contribution in [0.2, 0.25) is 0 Å². The predicted octanol–water partition coefficient (Wildman–Crippen LogP) is 3.62. The molecule has 104 valence electrons. The summed E-state index contributed by atoms with van der Waals surface area (Å²) < 4.78 is 9.69. The van der Waals surface area contributed by atoms with Gasteiger partial charge in [-0.15, -0.1) is 0 Å². The first kappa shape index (κ1) is 13.7. The summed E-state index contributed by atoms with van der Waals surface area (Å²) in [5.41, 5.74) is 2.51. The highest BCUT2D eigenvalue weighted by atomic mass is 16.5. The maximum Gasteiger partial charge on any atom is 0.411 e. The van der Waals surface area contributed by atoms with Crippen molar-refractivity contribution in [2.45, 2.75) is 0 Å². The predicted molar refractivity (Wildman–Crippen MR) is 78.7 cm³/mol. The summed E-state index contributed by atoms with van der Waals surface area (Å²) in [5, 5.41) is 5.84. The smallest absolute Gasteiger partial charge is 0.411 e. The van der Waals surface area contributed by atoms with E-state index in [-0.39, 0.29) is 0 Å². The lowest BCUT2D eigenvalue weighted by Crippen LogP contribution is -2.10. The summed E-state index contributed by atoms with van der Waals surface area (Å²) in [4.78, 5) is 11.1. The average Bonchev–Trinajstić information content (AvgIpc) is 2.49. The van der Waals surface area contributed by atoms with Crippen LogP contribution in [0.15, 0.2) is 48.5 Å². The molecule has 0 bridgehead atoms. The van der Waals surface area contributed by atoms with E-state index >= 15 is 0 Å². The van der Waals surface area contributed by atoms with E-state index in [1.165, 1.54) is 7.11 Å². The van der Waals surface area contributed by atoms with Gasteiger partial charge in [-0.05, 0) is 36.4 Å². The van der Waals surface area contributed by atoms with Crippen molar-refractivity contribution in [3.05, 3.63) is 48.5 Å². The molecule has 5 nitrogen and oxygen atoms in total. The summed E-state index contributed by atoms with van der Waals surface area (Å²) in [6, 6.07) is 15.0. The summed E-state index contributed by atoms with van der Waals surface area (Å²) in [6.07, 6.45) is -0.487. The summed E-state index contributed by atoms with van der Waals surface area (Å²) in [7, 11) is 2.96. The Morgan fingerprint density at radius 1 is 0.950 bits per heavy atom. The van der Waals surface area contributed by atoms with Gasteiger partial charge in [0.25, 0.3) is 0 Å². The first-order chi connectivity index (χ1) is 9.71. The number of anilines is 3. The minimum atomic E-state index is -0.487. The molecule has 0 saturated heterocycles. The van der Waals surface area contributed by atoms with Crippen LogP contribution in [0, 0.1) is 0 Å². The average molecular weight is 272 g/mol. The number of carbonyl (C=O) groups is 1. The van der Waals surface area contributed by atoms with Crippen LogP contribution in [-0.2, 0) is 4.74 Å². The summed E-state index contributed by atoms with van der Waals surface area (Å²) in [5.74, 6) is 0.791. The topological polar surface area (TPSA) is 59.6 Å². The van der Waals surface area contributed by atoms with E-state index in [4.69, 9.17) is 4.74 Å². The van der Waals surface area contributed by atoms with Gasteiger partial charge in [0.2, 0.25) is 0 Å². The number of amides is 1. The molecule has 2 N–H and O–H groups in total. The number of rotatable bonds is 4. The molecule has 20 heavy (non-hydrogen) atoms. The summed E-state index contributed by atoms with van der Waals surface area (Å²) >= 11 is 0. The van der Waals surface area contributed by atoms with E-state index in [0.717, 1.165) is 17.1 Å². The van der Waals surface area contributed by atoms with Crippen LogP contribution in [0.3, 0.4) is 0 Å². The molecule has 0 aliphatic heterocycles. The van der Waals surface area contributed by atoms with E-state index in [0.29, 0.717) is 5.69 Å². The van der Waals surface area contributed by atoms with E-state index in [2.05, 4.69) is 15.4 Å². The molecule has 0 atom stereocenters. The zero-order valence-corrected chi connectivity index (χ0v) is 11.3. The molecule has 0 aliphatic carbocycles. The molecule has 0 saturated carbocycles. The number of methoxy groups -OCH3 is 2. The van der Waals surface area contributed by atoms with Gasteiger partial charge in [0.1, 0.15) is 5.75 Å². The maximum atomic E-state index is 11.1.